The number of nitrogens with two attached hydrogens (primary N) is 1. The highest BCUT2D eigenvalue weighted by atomic mass is 16.5. The molecule has 0 bridgehead atoms. The number of ketones is 1. The molecule has 0 radical (unpaired) electrons. The Morgan fingerprint density at radius 3 is 2.12 bits per heavy atom. The van der Waals surface area contributed by atoms with E-state index in [1.807, 2.05) is 41.5 Å². The van der Waals surface area contributed by atoms with Crippen LogP contribution >= 0.6 is 0 Å². The molecular weight excluding hydrogens is 528 g/mol. The second-order valence-corrected chi connectivity index (χ2v) is 9.76. The van der Waals surface area contributed by atoms with Gasteiger partial charge in [-0.1, -0.05) is 90.8 Å². The van der Waals surface area contributed by atoms with Gasteiger partial charge in [-0.25, -0.2) is 4.79 Å². The Morgan fingerprint density at radius 1 is 1.02 bits per heavy atom. The van der Waals surface area contributed by atoms with Gasteiger partial charge in [0.05, 0.1) is 17.8 Å². The van der Waals surface area contributed by atoms with Crippen molar-refractivity contribution in [3.63, 3.8) is 0 Å². The third-order valence-electron chi connectivity index (χ3n) is 6.56. The van der Waals surface area contributed by atoms with E-state index in [0.29, 0.717) is 41.5 Å². The predicted octanol–water partition coefficient (Wildman–Crippen LogP) is 8.81. The van der Waals surface area contributed by atoms with Crippen LogP contribution in [0.4, 0.5) is 0 Å². The first-order valence-electron chi connectivity index (χ1n) is 15.8. The summed E-state index contributed by atoms with van der Waals surface area (Å²) in [6.45, 7) is 17.4. The second-order valence-electron chi connectivity index (χ2n) is 9.76. The third-order valence-corrected chi connectivity index (χ3v) is 6.56. The number of benzene rings is 1. The summed E-state index contributed by atoms with van der Waals surface area (Å²) < 4.78 is 5.75. The molecule has 7 heteroatoms. The fraction of sp³-hybridized carbons (Fsp3) is 0.600. The van der Waals surface area contributed by atoms with E-state index in [9.17, 15) is 14.4 Å². The molecule has 2 atom stereocenters. The van der Waals surface area contributed by atoms with Gasteiger partial charge in [-0.3, -0.25) is 9.59 Å². The van der Waals surface area contributed by atoms with E-state index < -0.39 is 5.97 Å². The number of hydrogen-bond donors (Lipinski definition) is 2. The van der Waals surface area contributed by atoms with Crippen molar-refractivity contribution < 1.29 is 24.2 Å². The average molecular weight is 587 g/mol. The molecule has 1 heterocycles. The highest BCUT2D eigenvalue weighted by molar-refractivity contribution is 5.99. The van der Waals surface area contributed by atoms with Crippen molar-refractivity contribution in [3.05, 3.63) is 54.1 Å². The lowest BCUT2D eigenvalue weighted by Gasteiger charge is -2.20. The number of nitrogens with zero attached hydrogens (tertiary/aromatic N) is 1. The molecule has 1 aromatic carbocycles. The van der Waals surface area contributed by atoms with Crippen molar-refractivity contribution in [2.75, 3.05) is 0 Å². The topological polar surface area (TPSA) is 119 Å². The standard InChI is InChI=1S/C14H24O2.C9H8O2.C8H14N2O.2C2H6/c1-11-7-8-13(16-11)9-10-14(15)12-5-3-2-4-6-12;1-2-7-5-3-4-6-8(7)9(10)11;1-3-5-7(9)10-8(11)6-4-2;2*1-2/h11-13H,2-10H2,1H3;2-6H,1H2,(H,10,11);3,5H,4,6H2,1-2H3,(H2,9,10,11);2*1-2H3/b;;5-3-;;. The largest absolute Gasteiger partial charge is 0.478 e. The molecule has 0 aromatic heterocycles. The number of hydrogen-bond acceptors (Lipinski definition) is 4. The van der Waals surface area contributed by atoms with Crippen LogP contribution in [0.3, 0.4) is 0 Å². The van der Waals surface area contributed by atoms with Crippen molar-refractivity contribution in [1.29, 1.82) is 0 Å². The summed E-state index contributed by atoms with van der Waals surface area (Å²) in [6.07, 6.45) is 17.1. The number of amidine groups is 1. The van der Waals surface area contributed by atoms with Crippen molar-refractivity contribution >= 4 is 29.6 Å². The molecule has 1 aliphatic heterocycles. The van der Waals surface area contributed by atoms with Crippen molar-refractivity contribution in [3.8, 4) is 0 Å². The van der Waals surface area contributed by atoms with Crippen LogP contribution in [0.2, 0.25) is 0 Å². The van der Waals surface area contributed by atoms with Crippen LogP contribution < -0.4 is 5.73 Å². The predicted molar refractivity (Wildman–Crippen MR) is 177 cm³/mol. The van der Waals surface area contributed by atoms with Gasteiger partial charge in [-0.15, -0.1) is 0 Å². The molecule has 3 N–H and O–H groups in total. The summed E-state index contributed by atoms with van der Waals surface area (Å²) in [5, 5.41) is 8.65. The van der Waals surface area contributed by atoms with Crippen LogP contribution in [0, 0.1) is 5.92 Å². The number of aromatic carboxylic acids is 1. The molecule has 0 spiro atoms. The van der Waals surface area contributed by atoms with Crippen molar-refractivity contribution in [2.45, 2.75) is 131 Å². The van der Waals surface area contributed by atoms with Gasteiger partial charge in [-0.05, 0) is 70.1 Å². The van der Waals surface area contributed by atoms with Crippen molar-refractivity contribution in [2.24, 2.45) is 16.6 Å². The number of carbonyl (C=O) groups excluding carboxylic acids is 2. The number of allylic oxidation sites excluding steroid dienone is 1. The maximum absolute atomic E-state index is 12.0. The van der Waals surface area contributed by atoms with Crippen LogP contribution in [0.1, 0.15) is 135 Å². The molecule has 2 unspecified atom stereocenters. The highest BCUT2D eigenvalue weighted by Crippen LogP contribution is 2.28. The van der Waals surface area contributed by atoms with E-state index in [1.165, 1.54) is 31.8 Å². The molecule has 1 saturated heterocycles. The summed E-state index contributed by atoms with van der Waals surface area (Å²) in [7, 11) is 0. The van der Waals surface area contributed by atoms with Gasteiger partial charge in [0.1, 0.15) is 11.6 Å². The second kappa shape index (κ2) is 26.8. The van der Waals surface area contributed by atoms with Crippen LogP contribution in [-0.2, 0) is 14.3 Å². The Kier molecular flexibility index (Phi) is 26.2. The summed E-state index contributed by atoms with van der Waals surface area (Å²) in [5.41, 5.74) is 6.30. The smallest absolute Gasteiger partial charge is 0.336 e. The lowest BCUT2D eigenvalue weighted by Crippen LogP contribution is -2.19. The highest BCUT2D eigenvalue weighted by Gasteiger charge is 2.25. The minimum atomic E-state index is -0.916. The van der Waals surface area contributed by atoms with Crippen LogP contribution in [0.25, 0.3) is 6.08 Å². The fourth-order valence-corrected chi connectivity index (χ4v) is 4.52. The molecule has 2 aliphatic rings. The van der Waals surface area contributed by atoms with E-state index in [0.717, 1.165) is 38.5 Å². The zero-order valence-electron chi connectivity index (χ0n) is 27.4. The van der Waals surface area contributed by atoms with Gasteiger partial charge >= 0.3 is 5.97 Å². The molecule has 1 saturated carbocycles. The summed E-state index contributed by atoms with van der Waals surface area (Å²) in [5.74, 6) is 0.102. The van der Waals surface area contributed by atoms with Crippen LogP contribution in [-0.4, -0.2) is 40.8 Å². The zero-order chi connectivity index (χ0) is 32.3. The number of aliphatic imine (C=N–C) groups is 1. The fourth-order valence-electron chi connectivity index (χ4n) is 4.52. The Morgan fingerprint density at radius 2 is 1.64 bits per heavy atom. The first-order chi connectivity index (χ1) is 20.2. The Bertz CT molecular complexity index is 948. The van der Waals surface area contributed by atoms with Gasteiger partial charge in [0.15, 0.2) is 0 Å². The number of rotatable bonds is 9. The number of ether oxygens (including phenoxy) is 1. The van der Waals surface area contributed by atoms with Gasteiger partial charge < -0.3 is 15.6 Å². The maximum Gasteiger partial charge on any atom is 0.336 e. The minimum Gasteiger partial charge on any atom is -0.478 e. The third kappa shape index (κ3) is 19.1. The lowest BCUT2D eigenvalue weighted by atomic mass is 9.84. The normalized spacial score (nSPS) is 18.0. The molecule has 1 aliphatic carbocycles. The number of carbonyl (C=O) groups is 3. The summed E-state index contributed by atoms with van der Waals surface area (Å²) in [6, 6.07) is 6.75. The quantitative estimate of drug-likeness (QED) is 0.220. The van der Waals surface area contributed by atoms with Gasteiger partial charge in [-0.2, -0.15) is 4.99 Å². The lowest BCUT2D eigenvalue weighted by molar-refractivity contribution is -0.124. The molecule has 7 nitrogen and oxygen atoms in total. The molecule has 42 heavy (non-hydrogen) atoms. The van der Waals surface area contributed by atoms with Gasteiger partial charge in [0, 0.05) is 18.8 Å². The first kappa shape index (κ1) is 41.1. The van der Waals surface area contributed by atoms with Crippen LogP contribution in [0.5, 0.6) is 0 Å². The first-order valence-corrected chi connectivity index (χ1v) is 15.8. The van der Waals surface area contributed by atoms with E-state index in [4.69, 9.17) is 15.6 Å². The van der Waals surface area contributed by atoms with Gasteiger partial charge in [0.2, 0.25) is 5.91 Å². The molecule has 1 aromatic rings. The van der Waals surface area contributed by atoms with E-state index in [-0.39, 0.29) is 11.7 Å². The minimum absolute atomic E-state index is 0.150. The number of Topliss-reactive ketones (excluding diaryl/α,β-unsaturated/α-hetero) is 1. The monoisotopic (exact) mass is 586 g/mol. The number of carboxylic acids is 1. The van der Waals surface area contributed by atoms with E-state index in [2.05, 4.69) is 18.5 Å². The Balaban J connectivity index is 0. The molecule has 2 fully saturated rings. The number of carboxylic acid groups (broad SMARTS) is 1. The van der Waals surface area contributed by atoms with E-state index in [1.54, 1.807) is 36.4 Å². The molecule has 3 rings (SSSR count). The summed E-state index contributed by atoms with van der Waals surface area (Å²) in [4.78, 5) is 37.0. The molecular formula is C35H58N2O5. The number of amides is 1. The van der Waals surface area contributed by atoms with E-state index >= 15 is 0 Å². The average Bonchev–Trinajstić information content (AvgIpc) is 3.44. The summed E-state index contributed by atoms with van der Waals surface area (Å²) >= 11 is 0. The van der Waals surface area contributed by atoms with Gasteiger partial charge in [0.25, 0.3) is 0 Å². The van der Waals surface area contributed by atoms with Crippen molar-refractivity contribution in [1.82, 2.24) is 0 Å². The zero-order valence-corrected chi connectivity index (χ0v) is 27.4. The van der Waals surface area contributed by atoms with Crippen LogP contribution in [0.15, 0.2) is 48.0 Å². The Hall–Kier alpha value is -3.06. The SMILES string of the molecule is C/C=C\C(N)=NC(=O)CCC.C=Cc1ccccc1C(=O)O.CC.CC.CC1CCC(CCC(=O)C2CCCCC2)O1. The Labute approximate surface area is 255 Å². The molecule has 238 valence electrons. The molecule has 1 amide bonds. The maximum atomic E-state index is 12.0.